The molecule has 4 rings (SSSR count). The van der Waals surface area contributed by atoms with Crippen LogP contribution in [0.3, 0.4) is 0 Å². The second-order valence-corrected chi connectivity index (χ2v) is 6.36. The number of imidazole rings is 1. The molecule has 94 valence electrons. The lowest BCUT2D eigenvalue weighted by Crippen LogP contribution is -2.09. The lowest BCUT2D eigenvalue weighted by atomic mass is 9.88. The average Bonchev–Trinajstić information content (AvgIpc) is 3.02. The number of hydrogen-bond donors (Lipinski definition) is 1. The highest BCUT2D eigenvalue weighted by atomic mass is 14.9. The molecule has 1 aromatic carbocycles. The zero-order valence-electron chi connectivity index (χ0n) is 11.2. The van der Waals surface area contributed by atoms with E-state index in [-0.39, 0.29) is 0 Å². The zero-order chi connectivity index (χ0) is 12.3. The van der Waals surface area contributed by atoms with Gasteiger partial charge in [0.1, 0.15) is 5.82 Å². The molecule has 0 spiro atoms. The van der Waals surface area contributed by atoms with Gasteiger partial charge in [-0.2, -0.15) is 0 Å². The molecule has 2 aliphatic carbocycles. The first-order valence-corrected chi connectivity index (χ1v) is 7.17. The van der Waals surface area contributed by atoms with E-state index in [9.17, 15) is 0 Å². The lowest BCUT2D eigenvalue weighted by molar-refractivity contribution is 0.408. The van der Waals surface area contributed by atoms with Crippen LogP contribution < -0.4 is 0 Å². The van der Waals surface area contributed by atoms with Crippen molar-refractivity contribution in [2.75, 3.05) is 0 Å². The molecule has 2 fully saturated rings. The Hall–Kier alpha value is -1.31. The first-order valence-electron chi connectivity index (χ1n) is 7.17. The van der Waals surface area contributed by atoms with Gasteiger partial charge in [0.2, 0.25) is 0 Å². The summed E-state index contributed by atoms with van der Waals surface area (Å²) >= 11 is 0. The molecule has 2 nitrogen and oxygen atoms in total. The van der Waals surface area contributed by atoms with Crippen LogP contribution >= 0.6 is 0 Å². The number of aromatic nitrogens is 2. The number of aryl methyl sites for hydroxylation is 2. The molecule has 2 aliphatic rings. The molecule has 0 saturated heterocycles. The van der Waals surface area contributed by atoms with E-state index in [2.05, 4.69) is 31.0 Å². The molecule has 0 amide bonds. The minimum Gasteiger partial charge on any atom is -0.342 e. The molecule has 2 bridgehead atoms. The number of aromatic amines is 1. The Balaban J connectivity index is 1.77. The molecule has 3 atom stereocenters. The highest BCUT2D eigenvalue weighted by Crippen LogP contribution is 2.52. The number of H-pyrrole nitrogens is 1. The fraction of sp³-hybridized carbons (Fsp3) is 0.562. The van der Waals surface area contributed by atoms with Gasteiger partial charge < -0.3 is 4.98 Å². The predicted molar refractivity (Wildman–Crippen MR) is 73.8 cm³/mol. The SMILES string of the molecule is Cc1cc2nc(C3CC4CCC3C4)[nH]c2cc1C. The van der Waals surface area contributed by atoms with Crippen LogP contribution in [0.15, 0.2) is 12.1 Å². The van der Waals surface area contributed by atoms with E-state index in [0.717, 1.165) is 17.4 Å². The van der Waals surface area contributed by atoms with Crippen molar-refractivity contribution in [3.05, 3.63) is 29.1 Å². The summed E-state index contributed by atoms with van der Waals surface area (Å²) in [5.74, 6) is 3.84. The van der Waals surface area contributed by atoms with Crippen LogP contribution in [0.2, 0.25) is 0 Å². The summed E-state index contributed by atoms with van der Waals surface area (Å²) in [6.45, 7) is 4.34. The van der Waals surface area contributed by atoms with Crippen molar-refractivity contribution in [3.63, 3.8) is 0 Å². The Kier molecular flexibility index (Phi) is 2.12. The van der Waals surface area contributed by atoms with E-state index in [0.29, 0.717) is 5.92 Å². The van der Waals surface area contributed by atoms with Crippen LogP contribution in [0, 0.1) is 25.7 Å². The third-order valence-electron chi connectivity index (χ3n) is 5.20. The third kappa shape index (κ3) is 1.44. The Bertz CT molecular complexity index is 572. The van der Waals surface area contributed by atoms with E-state index in [1.807, 2.05) is 0 Å². The van der Waals surface area contributed by atoms with Gasteiger partial charge in [-0.25, -0.2) is 4.98 Å². The maximum atomic E-state index is 4.86. The highest BCUT2D eigenvalue weighted by Gasteiger charge is 2.41. The van der Waals surface area contributed by atoms with Gasteiger partial charge in [-0.15, -0.1) is 0 Å². The molecule has 3 unspecified atom stereocenters. The molecule has 18 heavy (non-hydrogen) atoms. The Labute approximate surface area is 108 Å². The van der Waals surface area contributed by atoms with Crippen LogP contribution in [0.4, 0.5) is 0 Å². The summed E-state index contributed by atoms with van der Waals surface area (Å²) in [5, 5.41) is 0. The van der Waals surface area contributed by atoms with Crippen LogP contribution in [-0.2, 0) is 0 Å². The number of nitrogens with zero attached hydrogens (tertiary/aromatic N) is 1. The first-order chi connectivity index (χ1) is 8.70. The maximum Gasteiger partial charge on any atom is 0.110 e. The highest BCUT2D eigenvalue weighted by molar-refractivity contribution is 5.77. The fourth-order valence-electron chi connectivity index (χ4n) is 4.04. The maximum absolute atomic E-state index is 4.86. The molecule has 0 radical (unpaired) electrons. The van der Waals surface area contributed by atoms with Gasteiger partial charge in [-0.1, -0.05) is 6.42 Å². The summed E-state index contributed by atoms with van der Waals surface area (Å²) in [4.78, 5) is 8.44. The molecular weight excluding hydrogens is 220 g/mol. The van der Waals surface area contributed by atoms with Crippen molar-refractivity contribution in [2.24, 2.45) is 11.8 Å². The molecule has 2 aromatic rings. The van der Waals surface area contributed by atoms with Crippen molar-refractivity contribution in [1.82, 2.24) is 9.97 Å². The molecule has 1 aromatic heterocycles. The molecule has 2 heteroatoms. The largest absolute Gasteiger partial charge is 0.342 e. The third-order valence-corrected chi connectivity index (χ3v) is 5.20. The van der Waals surface area contributed by atoms with Gasteiger partial charge in [0, 0.05) is 5.92 Å². The number of rotatable bonds is 1. The monoisotopic (exact) mass is 240 g/mol. The molecular formula is C16H20N2. The fourth-order valence-corrected chi connectivity index (χ4v) is 4.04. The van der Waals surface area contributed by atoms with E-state index < -0.39 is 0 Å². The smallest absolute Gasteiger partial charge is 0.110 e. The van der Waals surface area contributed by atoms with E-state index in [1.165, 1.54) is 48.2 Å². The second kappa shape index (κ2) is 3.59. The van der Waals surface area contributed by atoms with Crippen molar-refractivity contribution in [1.29, 1.82) is 0 Å². The van der Waals surface area contributed by atoms with Crippen molar-refractivity contribution >= 4 is 11.0 Å². The van der Waals surface area contributed by atoms with Gasteiger partial charge in [0.05, 0.1) is 11.0 Å². The van der Waals surface area contributed by atoms with Crippen LogP contribution in [-0.4, -0.2) is 9.97 Å². The van der Waals surface area contributed by atoms with Gasteiger partial charge in [0.15, 0.2) is 0 Å². The normalized spacial score (nSPS) is 30.4. The minimum absolute atomic E-state index is 0.705. The van der Waals surface area contributed by atoms with Gasteiger partial charge in [-0.05, 0) is 68.2 Å². The molecule has 1 N–H and O–H groups in total. The number of benzene rings is 1. The Morgan fingerprint density at radius 2 is 1.94 bits per heavy atom. The van der Waals surface area contributed by atoms with Crippen molar-refractivity contribution in [2.45, 2.75) is 45.4 Å². The molecule has 0 aliphatic heterocycles. The summed E-state index contributed by atoms with van der Waals surface area (Å²) < 4.78 is 0. The Morgan fingerprint density at radius 3 is 2.67 bits per heavy atom. The predicted octanol–water partition coefficient (Wildman–Crippen LogP) is 4.08. The van der Waals surface area contributed by atoms with Gasteiger partial charge >= 0.3 is 0 Å². The van der Waals surface area contributed by atoms with E-state index in [1.54, 1.807) is 0 Å². The van der Waals surface area contributed by atoms with Crippen LogP contribution in [0.5, 0.6) is 0 Å². The molecule has 1 heterocycles. The topological polar surface area (TPSA) is 28.7 Å². The average molecular weight is 240 g/mol. The minimum atomic E-state index is 0.705. The first kappa shape index (κ1) is 10.6. The Morgan fingerprint density at radius 1 is 1.11 bits per heavy atom. The number of nitrogens with one attached hydrogen (secondary N) is 1. The molecule has 2 saturated carbocycles. The number of fused-ring (bicyclic) bond motifs is 3. The number of hydrogen-bond acceptors (Lipinski definition) is 1. The lowest BCUT2D eigenvalue weighted by Gasteiger charge is -2.18. The quantitative estimate of drug-likeness (QED) is 0.799. The standard InChI is InChI=1S/C16H20N2/c1-9-5-14-15(6-10(9)2)18-16(17-14)13-8-11-3-4-12(13)7-11/h5-6,11-13H,3-4,7-8H2,1-2H3,(H,17,18). The summed E-state index contributed by atoms with van der Waals surface area (Å²) in [6.07, 6.45) is 5.69. The van der Waals surface area contributed by atoms with Gasteiger partial charge in [0.25, 0.3) is 0 Å². The summed E-state index contributed by atoms with van der Waals surface area (Å²) in [6, 6.07) is 4.46. The summed E-state index contributed by atoms with van der Waals surface area (Å²) in [5.41, 5.74) is 5.06. The zero-order valence-corrected chi connectivity index (χ0v) is 11.2. The van der Waals surface area contributed by atoms with E-state index in [4.69, 9.17) is 4.98 Å². The summed E-state index contributed by atoms with van der Waals surface area (Å²) in [7, 11) is 0. The second-order valence-electron chi connectivity index (χ2n) is 6.36. The van der Waals surface area contributed by atoms with Crippen molar-refractivity contribution < 1.29 is 0 Å². The van der Waals surface area contributed by atoms with E-state index >= 15 is 0 Å². The van der Waals surface area contributed by atoms with Crippen LogP contribution in [0.25, 0.3) is 11.0 Å². The van der Waals surface area contributed by atoms with Crippen LogP contribution in [0.1, 0.15) is 48.6 Å². The van der Waals surface area contributed by atoms with Crippen molar-refractivity contribution in [3.8, 4) is 0 Å². The van der Waals surface area contributed by atoms with Gasteiger partial charge in [-0.3, -0.25) is 0 Å².